The second kappa shape index (κ2) is 6.09. The number of nitrogens with zero attached hydrogens (tertiary/aromatic N) is 2. The van der Waals surface area contributed by atoms with Gasteiger partial charge in [-0.25, -0.2) is 0 Å². The lowest BCUT2D eigenvalue weighted by atomic mass is 10.1. The molecule has 0 radical (unpaired) electrons. The smallest absolute Gasteiger partial charge is 0.254 e. The average Bonchev–Trinajstić information content (AvgIpc) is 2.45. The molecule has 3 nitrogen and oxygen atoms in total. The first-order valence-electron chi connectivity index (χ1n) is 5.66. The lowest BCUT2D eigenvalue weighted by molar-refractivity contribution is 0.411. The van der Waals surface area contributed by atoms with Gasteiger partial charge in [-0.05, 0) is 24.6 Å². The van der Waals surface area contributed by atoms with Crippen LogP contribution in [-0.2, 0) is 0 Å². The van der Waals surface area contributed by atoms with Gasteiger partial charge in [0.05, 0.1) is 5.71 Å². The SMILES string of the molecule is C/C(=N\Nc1c(F)c(F)nc(F)c1F)c1cccc(Cl)c1. The van der Waals surface area contributed by atoms with Crippen LogP contribution in [0.2, 0.25) is 5.02 Å². The van der Waals surface area contributed by atoms with Gasteiger partial charge >= 0.3 is 0 Å². The third kappa shape index (κ3) is 3.30. The van der Waals surface area contributed by atoms with Crippen LogP contribution < -0.4 is 5.43 Å². The molecule has 1 aromatic carbocycles. The van der Waals surface area contributed by atoms with Crippen LogP contribution in [0, 0.1) is 23.5 Å². The Morgan fingerprint density at radius 1 is 1.14 bits per heavy atom. The van der Waals surface area contributed by atoms with Gasteiger partial charge in [-0.1, -0.05) is 23.7 Å². The van der Waals surface area contributed by atoms with Crippen LogP contribution in [0.25, 0.3) is 0 Å². The number of hydrazone groups is 1. The monoisotopic (exact) mass is 317 g/mol. The van der Waals surface area contributed by atoms with E-state index in [4.69, 9.17) is 11.6 Å². The summed E-state index contributed by atoms with van der Waals surface area (Å²) in [4.78, 5) is 2.44. The summed E-state index contributed by atoms with van der Waals surface area (Å²) >= 11 is 5.80. The molecule has 1 aromatic heterocycles. The van der Waals surface area contributed by atoms with Crippen LogP contribution in [0.15, 0.2) is 29.4 Å². The molecular weight excluding hydrogens is 310 g/mol. The van der Waals surface area contributed by atoms with Gasteiger partial charge in [-0.2, -0.15) is 27.6 Å². The minimum absolute atomic E-state index is 0.314. The van der Waals surface area contributed by atoms with E-state index in [0.717, 1.165) is 0 Å². The first-order valence-corrected chi connectivity index (χ1v) is 6.04. The zero-order chi connectivity index (χ0) is 15.6. The van der Waals surface area contributed by atoms with Gasteiger partial charge in [0.2, 0.25) is 11.6 Å². The van der Waals surface area contributed by atoms with Crippen molar-refractivity contribution < 1.29 is 17.6 Å². The standard InChI is InChI=1S/C13H8ClF4N3/c1-6(7-3-2-4-8(14)5-7)20-21-11-9(15)12(17)19-13(18)10(11)16/h2-5H,1H3,(H,19,21)/b20-6+. The molecule has 0 unspecified atom stereocenters. The van der Waals surface area contributed by atoms with Gasteiger partial charge in [0.15, 0.2) is 0 Å². The lowest BCUT2D eigenvalue weighted by Crippen LogP contribution is -2.07. The predicted molar refractivity (Wildman–Crippen MR) is 71.4 cm³/mol. The summed E-state index contributed by atoms with van der Waals surface area (Å²) in [6.07, 6.45) is 0. The number of benzene rings is 1. The van der Waals surface area contributed by atoms with E-state index in [2.05, 4.69) is 10.1 Å². The molecule has 0 saturated carbocycles. The maximum absolute atomic E-state index is 13.4. The Kier molecular flexibility index (Phi) is 4.42. The molecular formula is C13H8ClF4N3. The minimum atomic E-state index is -1.76. The van der Waals surface area contributed by atoms with E-state index in [9.17, 15) is 17.6 Å². The van der Waals surface area contributed by atoms with Crippen molar-refractivity contribution in [3.63, 3.8) is 0 Å². The van der Waals surface area contributed by atoms with Crippen LogP contribution in [0.4, 0.5) is 23.2 Å². The van der Waals surface area contributed by atoms with E-state index >= 15 is 0 Å². The molecule has 2 rings (SSSR count). The van der Waals surface area contributed by atoms with Crippen molar-refractivity contribution >= 4 is 23.0 Å². The molecule has 1 heterocycles. The molecule has 0 aliphatic heterocycles. The Hall–Kier alpha value is -2.15. The average molecular weight is 318 g/mol. The van der Waals surface area contributed by atoms with Gasteiger partial charge in [-0.15, -0.1) is 0 Å². The van der Waals surface area contributed by atoms with Crippen molar-refractivity contribution in [2.45, 2.75) is 6.92 Å². The molecule has 110 valence electrons. The van der Waals surface area contributed by atoms with Gasteiger partial charge < -0.3 is 0 Å². The molecule has 8 heteroatoms. The van der Waals surface area contributed by atoms with E-state index in [1.54, 1.807) is 24.3 Å². The number of hydrogen-bond acceptors (Lipinski definition) is 3. The number of halogens is 5. The number of aromatic nitrogens is 1. The van der Waals surface area contributed by atoms with Crippen molar-refractivity contribution in [2.75, 3.05) is 5.43 Å². The van der Waals surface area contributed by atoms with Crippen LogP contribution in [0.5, 0.6) is 0 Å². The minimum Gasteiger partial charge on any atom is -0.272 e. The van der Waals surface area contributed by atoms with Gasteiger partial charge in [0.25, 0.3) is 11.9 Å². The van der Waals surface area contributed by atoms with Gasteiger partial charge in [0, 0.05) is 5.02 Å². The van der Waals surface area contributed by atoms with Crippen LogP contribution >= 0.6 is 11.6 Å². The third-order valence-corrected chi connectivity index (χ3v) is 2.81. The van der Waals surface area contributed by atoms with Crippen LogP contribution in [0.3, 0.4) is 0 Å². The van der Waals surface area contributed by atoms with Crippen molar-refractivity contribution in [1.29, 1.82) is 0 Å². The molecule has 0 bridgehead atoms. The van der Waals surface area contributed by atoms with Crippen molar-refractivity contribution in [3.8, 4) is 0 Å². The quantitative estimate of drug-likeness (QED) is 0.400. The first-order chi connectivity index (χ1) is 9.90. The molecule has 21 heavy (non-hydrogen) atoms. The molecule has 0 amide bonds. The number of nitrogens with one attached hydrogen (secondary N) is 1. The first kappa shape index (κ1) is 15.2. The Morgan fingerprint density at radius 3 is 2.33 bits per heavy atom. The second-order valence-electron chi connectivity index (χ2n) is 4.02. The molecule has 0 aliphatic carbocycles. The fourth-order valence-corrected chi connectivity index (χ4v) is 1.69. The van der Waals surface area contributed by atoms with E-state index in [0.29, 0.717) is 16.3 Å². The fourth-order valence-electron chi connectivity index (χ4n) is 1.50. The maximum atomic E-state index is 13.4. The highest BCUT2D eigenvalue weighted by molar-refractivity contribution is 6.31. The highest BCUT2D eigenvalue weighted by atomic mass is 35.5. The number of anilines is 1. The number of pyridine rings is 1. The highest BCUT2D eigenvalue weighted by Gasteiger charge is 2.20. The van der Waals surface area contributed by atoms with E-state index in [1.807, 2.05) is 5.43 Å². The van der Waals surface area contributed by atoms with Gasteiger partial charge in [0.1, 0.15) is 5.69 Å². The number of rotatable bonds is 3. The predicted octanol–water partition coefficient (Wildman–Crippen LogP) is 4.13. The molecule has 0 fully saturated rings. The van der Waals surface area contributed by atoms with Crippen molar-refractivity contribution in [1.82, 2.24) is 4.98 Å². The summed E-state index contributed by atoms with van der Waals surface area (Å²) in [6.45, 7) is 1.53. The largest absolute Gasteiger partial charge is 0.272 e. The van der Waals surface area contributed by atoms with E-state index < -0.39 is 29.2 Å². The van der Waals surface area contributed by atoms with Gasteiger partial charge in [-0.3, -0.25) is 5.43 Å². The maximum Gasteiger partial charge on any atom is 0.254 e. The number of hydrogen-bond donors (Lipinski definition) is 1. The van der Waals surface area contributed by atoms with E-state index in [1.165, 1.54) is 6.92 Å². The Balaban J connectivity index is 2.33. The summed E-state index contributed by atoms with van der Waals surface area (Å²) in [5.74, 6) is -6.83. The molecule has 0 aliphatic rings. The topological polar surface area (TPSA) is 37.3 Å². The third-order valence-electron chi connectivity index (χ3n) is 2.58. The molecule has 1 N–H and O–H groups in total. The van der Waals surface area contributed by atoms with Crippen LogP contribution in [0.1, 0.15) is 12.5 Å². The zero-order valence-corrected chi connectivity index (χ0v) is 11.3. The Bertz CT molecular complexity index is 693. The molecule has 0 atom stereocenters. The van der Waals surface area contributed by atoms with Crippen molar-refractivity contribution in [3.05, 3.63) is 58.4 Å². The summed E-state index contributed by atoms with van der Waals surface area (Å²) < 4.78 is 52.6. The Morgan fingerprint density at radius 2 is 1.76 bits per heavy atom. The highest BCUT2D eigenvalue weighted by Crippen LogP contribution is 2.22. The summed E-state index contributed by atoms with van der Waals surface area (Å²) in [7, 11) is 0. The molecule has 2 aromatic rings. The normalized spacial score (nSPS) is 11.6. The molecule has 0 saturated heterocycles. The van der Waals surface area contributed by atoms with E-state index in [-0.39, 0.29) is 0 Å². The summed E-state index contributed by atoms with van der Waals surface area (Å²) in [6, 6.07) is 6.53. The Labute approximate surface area is 122 Å². The zero-order valence-electron chi connectivity index (χ0n) is 10.6. The van der Waals surface area contributed by atoms with Crippen LogP contribution in [-0.4, -0.2) is 10.7 Å². The lowest BCUT2D eigenvalue weighted by Gasteiger charge is -2.07. The molecule has 0 spiro atoms. The summed E-state index contributed by atoms with van der Waals surface area (Å²) in [5.41, 5.74) is 1.79. The fraction of sp³-hybridized carbons (Fsp3) is 0.0769. The second-order valence-corrected chi connectivity index (χ2v) is 4.45. The van der Waals surface area contributed by atoms with Crippen molar-refractivity contribution in [2.24, 2.45) is 5.10 Å². The summed E-state index contributed by atoms with van der Waals surface area (Å²) in [5, 5.41) is 4.12.